The summed E-state index contributed by atoms with van der Waals surface area (Å²) < 4.78 is 18.9. The van der Waals surface area contributed by atoms with Crippen molar-refractivity contribution in [1.82, 2.24) is 10.2 Å². The van der Waals surface area contributed by atoms with E-state index in [1.807, 2.05) is 0 Å². The predicted octanol–water partition coefficient (Wildman–Crippen LogP) is 2.47. The maximum atomic E-state index is 14.0. The minimum atomic E-state index is -0.624. The number of hydrogen-bond acceptors (Lipinski definition) is 3. The van der Waals surface area contributed by atoms with Crippen LogP contribution in [-0.2, 0) is 6.54 Å². The summed E-state index contributed by atoms with van der Waals surface area (Å²) in [5, 5.41) is 2.54. The quantitative estimate of drug-likeness (QED) is 0.916. The van der Waals surface area contributed by atoms with Gasteiger partial charge in [0.15, 0.2) is 0 Å². The van der Waals surface area contributed by atoms with E-state index >= 15 is 0 Å². The summed E-state index contributed by atoms with van der Waals surface area (Å²) in [6.07, 6.45) is 0. The molecular formula is C18H19FN2O3. The van der Waals surface area contributed by atoms with Gasteiger partial charge in [0.2, 0.25) is 0 Å². The minimum Gasteiger partial charge on any atom is -0.497 e. The first-order chi connectivity index (χ1) is 11.5. The maximum Gasteiger partial charge on any atom is 0.256 e. The van der Waals surface area contributed by atoms with Crippen LogP contribution in [0, 0.1) is 5.82 Å². The molecule has 0 aliphatic carbocycles. The fourth-order valence-electron chi connectivity index (χ4n) is 2.25. The van der Waals surface area contributed by atoms with Gasteiger partial charge in [-0.3, -0.25) is 9.59 Å². The number of nitrogens with zero attached hydrogens (tertiary/aromatic N) is 1. The van der Waals surface area contributed by atoms with Crippen molar-refractivity contribution >= 4 is 11.8 Å². The van der Waals surface area contributed by atoms with Crippen LogP contribution in [0.2, 0.25) is 0 Å². The third-order valence-corrected chi connectivity index (χ3v) is 3.62. The van der Waals surface area contributed by atoms with Crippen LogP contribution in [0.1, 0.15) is 26.3 Å². The van der Waals surface area contributed by atoms with Gasteiger partial charge < -0.3 is 15.0 Å². The molecule has 0 radical (unpaired) electrons. The Morgan fingerprint density at radius 3 is 2.38 bits per heavy atom. The zero-order valence-corrected chi connectivity index (χ0v) is 13.8. The molecule has 2 aromatic carbocycles. The molecule has 0 aromatic heterocycles. The standard InChI is InChI=1S/C18H19FN2O3/c1-20-17(22)13-6-4-12(5-7-13)11-21(2)18(23)15-9-8-14(24-3)10-16(15)19/h4-10H,11H2,1-3H3,(H,20,22). The molecule has 0 bridgehead atoms. The first-order valence-corrected chi connectivity index (χ1v) is 7.36. The van der Waals surface area contributed by atoms with Gasteiger partial charge in [-0.2, -0.15) is 0 Å². The number of halogens is 1. The van der Waals surface area contributed by atoms with E-state index in [0.29, 0.717) is 17.9 Å². The lowest BCUT2D eigenvalue weighted by atomic mass is 10.1. The lowest BCUT2D eigenvalue weighted by Crippen LogP contribution is -2.27. The summed E-state index contributed by atoms with van der Waals surface area (Å²) in [4.78, 5) is 25.3. The van der Waals surface area contributed by atoms with E-state index in [2.05, 4.69) is 5.32 Å². The summed E-state index contributed by atoms with van der Waals surface area (Å²) in [5.74, 6) is -0.866. The molecule has 2 amide bonds. The molecule has 0 atom stereocenters. The van der Waals surface area contributed by atoms with Crippen molar-refractivity contribution in [3.05, 3.63) is 65.0 Å². The van der Waals surface area contributed by atoms with Crippen LogP contribution in [0.3, 0.4) is 0 Å². The first-order valence-electron chi connectivity index (χ1n) is 7.36. The number of benzene rings is 2. The van der Waals surface area contributed by atoms with E-state index in [4.69, 9.17) is 4.74 Å². The number of ether oxygens (including phenoxy) is 1. The van der Waals surface area contributed by atoms with E-state index in [9.17, 15) is 14.0 Å². The molecular weight excluding hydrogens is 311 g/mol. The topological polar surface area (TPSA) is 58.6 Å². The number of amides is 2. The predicted molar refractivity (Wildman–Crippen MR) is 88.6 cm³/mol. The zero-order valence-electron chi connectivity index (χ0n) is 13.8. The van der Waals surface area contributed by atoms with Crippen LogP contribution in [0.4, 0.5) is 4.39 Å². The second kappa shape index (κ2) is 7.59. The second-order valence-electron chi connectivity index (χ2n) is 5.28. The van der Waals surface area contributed by atoms with Gasteiger partial charge in [-0.1, -0.05) is 12.1 Å². The average molecular weight is 330 g/mol. The van der Waals surface area contributed by atoms with Crippen LogP contribution in [0.25, 0.3) is 0 Å². The van der Waals surface area contributed by atoms with E-state index in [0.717, 1.165) is 5.56 Å². The molecule has 0 saturated carbocycles. The minimum absolute atomic E-state index is 0.0136. The molecule has 0 aliphatic rings. The zero-order chi connectivity index (χ0) is 17.7. The van der Waals surface area contributed by atoms with Gasteiger partial charge in [0, 0.05) is 32.3 Å². The fourth-order valence-corrected chi connectivity index (χ4v) is 2.25. The molecule has 2 rings (SSSR count). The molecule has 0 spiro atoms. The van der Waals surface area contributed by atoms with E-state index in [-0.39, 0.29) is 11.5 Å². The smallest absolute Gasteiger partial charge is 0.256 e. The third-order valence-electron chi connectivity index (χ3n) is 3.62. The summed E-state index contributed by atoms with van der Waals surface area (Å²) >= 11 is 0. The molecule has 0 heterocycles. The Balaban J connectivity index is 2.10. The Hall–Kier alpha value is -2.89. The van der Waals surface area contributed by atoms with Gasteiger partial charge >= 0.3 is 0 Å². The van der Waals surface area contributed by atoms with Crippen molar-refractivity contribution in [3.8, 4) is 5.75 Å². The Bertz CT molecular complexity index is 744. The van der Waals surface area contributed by atoms with Crippen LogP contribution in [-0.4, -0.2) is 37.9 Å². The highest BCUT2D eigenvalue weighted by Gasteiger charge is 2.17. The summed E-state index contributed by atoms with van der Waals surface area (Å²) in [7, 11) is 4.59. The Morgan fingerprint density at radius 2 is 1.83 bits per heavy atom. The molecule has 2 aromatic rings. The lowest BCUT2D eigenvalue weighted by molar-refractivity contribution is 0.0780. The van der Waals surface area contributed by atoms with E-state index in [1.165, 1.54) is 24.1 Å². The molecule has 0 unspecified atom stereocenters. The average Bonchev–Trinajstić information content (AvgIpc) is 2.60. The van der Waals surface area contributed by atoms with Crippen molar-refractivity contribution in [3.63, 3.8) is 0 Å². The number of methoxy groups -OCH3 is 1. The van der Waals surface area contributed by atoms with E-state index in [1.54, 1.807) is 44.4 Å². The highest BCUT2D eigenvalue weighted by atomic mass is 19.1. The number of carbonyl (C=O) groups is 2. The van der Waals surface area contributed by atoms with Crippen molar-refractivity contribution < 1.29 is 18.7 Å². The molecule has 0 aliphatic heterocycles. The van der Waals surface area contributed by atoms with E-state index < -0.39 is 11.7 Å². The van der Waals surface area contributed by atoms with Gasteiger partial charge in [-0.25, -0.2) is 4.39 Å². The largest absolute Gasteiger partial charge is 0.497 e. The van der Waals surface area contributed by atoms with Crippen molar-refractivity contribution in [2.45, 2.75) is 6.54 Å². The SMILES string of the molecule is CNC(=O)c1ccc(CN(C)C(=O)c2ccc(OC)cc2F)cc1. The summed E-state index contributed by atoms with van der Waals surface area (Å²) in [5.41, 5.74) is 1.36. The second-order valence-corrected chi connectivity index (χ2v) is 5.28. The number of hydrogen-bond donors (Lipinski definition) is 1. The molecule has 0 fully saturated rings. The Kier molecular flexibility index (Phi) is 5.52. The van der Waals surface area contributed by atoms with Crippen molar-refractivity contribution in [2.24, 2.45) is 0 Å². The monoisotopic (exact) mass is 330 g/mol. The molecule has 0 saturated heterocycles. The molecule has 6 heteroatoms. The van der Waals surface area contributed by atoms with Crippen LogP contribution in [0.5, 0.6) is 5.75 Å². The van der Waals surface area contributed by atoms with Crippen molar-refractivity contribution in [1.29, 1.82) is 0 Å². The highest BCUT2D eigenvalue weighted by molar-refractivity contribution is 5.95. The number of carbonyl (C=O) groups excluding carboxylic acids is 2. The van der Waals surface area contributed by atoms with Gasteiger partial charge in [0.25, 0.3) is 11.8 Å². The third kappa shape index (κ3) is 3.90. The molecule has 5 nitrogen and oxygen atoms in total. The maximum absolute atomic E-state index is 14.0. The Labute approximate surface area is 140 Å². The van der Waals surface area contributed by atoms with Gasteiger partial charge in [-0.05, 0) is 29.8 Å². The van der Waals surface area contributed by atoms with Crippen molar-refractivity contribution in [2.75, 3.05) is 21.2 Å². The van der Waals surface area contributed by atoms with Crippen LogP contribution >= 0.6 is 0 Å². The van der Waals surface area contributed by atoms with Crippen LogP contribution in [0.15, 0.2) is 42.5 Å². The van der Waals surface area contributed by atoms with Gasteiger partial charge in [0.1, 0.15) is 11.6 Å². The molecule has 1 N–H and O–H groups in total. The number of nitrogens with one attached hydrogen (secondary N) is 1. The summed E-state index contributed by atoms with van der Waals surface area (Å²) in [6, 6.07) is 11.0. The normalized spacial score (nSPS) is 10.2. The number of rotatable bonds is 5. The van der Waals surface area contributed by atoms with Crippen LogP contribution < -0.4 is 10.1 Å². The molecule has 24 heavy (non-hydrogen) atoms. The Morgan fingerprint density at radius 1 is 1.17 bits per heavy atom. The summed E-state index contributed by atoms with van der Waals surface area (Å²) in [6.45, 7) is 0.304. The van der Waals surface area contributed by atoms with Gasteiger partial charge in [-0.15, -0.1) is 0 Å². The molecule has 126 valence electrons. The lowest BCUT2D eigenvalue weighted by Gasteiger charge is -2.18. The van der Waals surface area contributed by atoms with Gasteiger partial charge in [0.05, 0.1) is 12.7 Å². The highest BCUT2D eigenvalue weighted by Crippen LogP contribution is 2.18. The first kappa shape index (κ1) is 17.5. The fraction of sp³-hybridized carbons (Fsp3) is 0.222.